The number of pyridine rings is 1. The van der Waals surface area contributed by atoms with Crippen molar-refractivity contribution in [2.45, 2.75) is 32.8 Å². The summed E-state index contributed by atoms with van der Waals surface area (Å²) in [4.78, 5) is 31.4. The Balaban J connectivity index is 1.57. The third-order valence-electron chi connectivity index (χ3n) is 6.24. The molecule has 39 heavy (non-hydrogen) atoms. The average Bonchev–Trinajstić information content (AvgIpc) is 3.42. The van der Waals surface area contributed by atoms with Gasteiger partial charge in [-0.05, 0) is 64.0 Å². The van der Waals surface area contributed by atoms with Crippen LogP contribution in [0.3, 0.4) is 0 Å². The van der Waals surface area contributed by atoms with E-state index in [1.807, 2.05) is 13.8 Å². The quantitative estimate of drug-likeness (QED) is 0.276. The summed E-state index contributed by atoms with van der Waals surface area (Å²) in [5.74, 6) is 0.940. The first kappa shape index (κ1) is 28.4. The van der Waals surface area contributed by atoms with Crippen molar-refractivity contribution in [3.8, 4) is 17.2 Å². The number of ether oxygens (including phenoxy) is 2. The Morgan fingerprint density at radius 2 is 1.85 bits per heavy atom. The number of likely N-dealkylation sites (tertiary alicyclic amines) is 1. The van der Waals surface area contributed by atoms with Crippen LogP contribution in [-0.4, -0.2) is 72.4 Å². The van der Waals surface area contributed by atoms with Gasteiger partial charge in [0, 0.05) is 43.4 Å². The van der Waals surface area contributed by atoms with Gasteiger partial charge in [-0.1, -0.05) is 11.6 Å². The van der Waals surface area contributed by atoms with Gasteiger partial charge in [-0.15, -0.1) is 0 Å². The molecule has 1 fully saturated rings. The number of carbonyl (C=O) groups excluding carboxylic acids is 2. The number of carbonyl (C=O) groups is 2. The van der Waals surface area contributed by atoms with Crippen molar-refractivity contribution in [1.29, 1.82) is 0 Å². The number of hydrogen-bond acceptors (Lipinski definition) is 7. The minimum atomic E-state index is -0.682. The molecule has 0 aliphatic carbocycles. The molecule has 0 saturated carbocycles. The molecule has 2 heterocycles. The van der Waals surface area contributed by atoms with E-state index in [9.17, 15) is 14.7 Å². The molecule has 1 aromatic heterocycles. The lowest BCUT2D eigenvalue weighted by Crippen LogP contribution is -2.34. The second-order valence-corrected chi connectivity index (χ2v) is 9.64. The van der Waals surface area contributed by atoms with Crippen LogP contribution in [0.25, 0.3) is 10.9 Å². The first-order chi connectivity index (χ1) is 18.9. The number of urea groups is 1. The van der Waals surface area contributed by atoms with E-state index >= 15 is 0 Å². The zero-order valence-corrected chi connectivity index (χ0v) is 22.9. The lowest BCUT2D eigenvalue weighted by atomic mass is 10.1. The molecule has 4 N–H and O–H groups in total. The molecule has 4 rings (SSSR count). The van der Waals surface area contributed by atoms with Crippen LogP contribution in [-0.2, 0) is 0 Å². The van der Waals surface area contributed by atoms with Gasteiger partial charge in [-0.3, -0.25) is 9.78 Å². The number of anilines is 1. The van der Waals surface area contributed by atoms with Gasteiger partial charge < -0.3 is 35.4 Å². The van der Waals surface area contributed by atoms with Crippen LogP contribution in [0.1, 0.15) is 37.0 Å². The SMILES string of the molecule is CCNC(=O)Nc1ccc(Oc2ccnc3cc(OC[C@H](O)CN4CCCC4)c(C(=O)NCC)cc23)cc1Cl. The predicted molar refractivity (Wildman–Crippen MR) is 151 cm³/mol. The molecule has 1 aliphatic rings. The van der Waals surface area contributed by atoms with E-state index in [0.717, 1.165) is 25.9 Å². The highest BCUT2D eigenvalue weighted by atomic mass is 35.5. The van der Waals surface area contributed by atoms with Gasteiger partial charge in [-0.25, -0.2) is 4.79 Å². The van der Waals surface area contributed by atoms with Gasteiger partial charge in [0.05, 0.1) is 21.8 Å². The number of nitrogens with one attached hydrogen (secondary N) is 3. The zero-order valence-electron chi connectivity index (χ0n) is 22.1. The Bertz CT molecular complexity index is 1310. The van der Waals surface area contributed by atoms with Gasteiger partial charge in [-0.2, -0.15) is 0 Å². The minimum absolute atomic E-state index is 0.0553. The van der Waals surface area contributed by atoms with Gasteiger partial charge in [0.15, 0.2) is 0 Å². The van der Waals surface area contributed by atoms with Crippen molar-refractivity contribution in [2.24, 2.45) is 0 Å². The van der Waals surface area contributed by atoms with Crippen molar-refractivity contribution in [3.63, 3.8) is 0 Å². The largest absolute Gasteiger partial charge is 0.490 e. The highest BCUT2D eigenvalue weighted by Gasteiger charge is 2.20. The van der Waals surface area contributed by atoms with Crippen LogP contribution in [0.5, 0.6) is 17.2 Å². The Morgan fingerprint density at radius 3 is 2.56 bits per heavy atom. The van der Waals surface area contributed by atoms with E-state index in [0.29, 0.717) is 64.1 Å². The molecular formula is C28H34ClN5O5. The number of fused-ring (bicyclic) bond motifs is 1. The van der Waals surface area contributed by atoms with Crippen LogP contribution in [0.4, 0.5) is 10.5 Å². The summed E-state index contributed by atoms with van der Waals surface area (Å²) in [6.45, 7) is 7.13. The van der Waals surface area contributed by atoms with E-state index in [-0.39, 0.29) is 18.5 Å². The monoisotopic (exact) mass is 555 g/mol. The molecule has 1 aliphatic heterocycles. The fourth-order valence-corrected chi connectivity index (χ4v) is 4.62. The standard InChI is InChI=1S/C28H34ClN5O5/c1-3-30-27(36)21-14-20-24(15-26(21)38-17-18(35)16-34-11-5-6-12-34)32-10-9-25(20)39-19-7-8-23(22(29)13-19)33-28(37)31-4-2/h7-10,13-15,18,35H,3-6,11-12,16-17H2,1-2H3,(H,30,36)(H2,31,33,37)/t18-/m1/s1. The van der Waals surface area contributed by atoms with Crippen molar-refractivity contribution >= 4 is 40.1 Å². The van der Waals surface area contributed by atoms with Gasteiger partial charge in [0.25, 0.3) is 5.91 Å². The maximum atomic E-state index is 12.9. The summed E-state index contributed by atoms with van der Waals surface area (Å²) in [5.41, 5.74) is 1.32. The normalized spacial score (nSPS) is 14.2. The Kier molecular flexibility index (Phi) is 9.80. The second kappa shape index (κ2) is 13.5. The highest BCUT2D eigenvalue weighted by molar-refractivity contribution is 6.33. The first-order valence-corrected chi connectivity index (χ1v) is 13.5. The average molecular weight is 556 g/mol. The summed E-state index contributed by atoms with van der Waals surface area (Å²) < 4.78 is 12.1. The fourth-order valence-electron chi connectivity index (χ4n) is 4.41. The molecule has 0 spiro atoms. The fraction of sp³-hybridized carbons (Fsp3) is 0.393. The van der Waals surface area contributed by atoms with Crippen molar-refractivity contribution in [2.75, 3.05) is 44.6 Å². The second-order valence-electron chi connectivity index (χ2n) is 9.23. The minimum Gasteiger partial charge on any atom is -0.490 e. The Morgan fingerprint density at radius 1 is 1.08 bits per heavy atom. The summed E-state index contributed by atoms with van der Waals surface area (Å²) in [6, 6.07) is 9.63. The van der Waals surface area contributed by atoms with Crippen LogP contribution in [0.15, 0.2) is 42.6 Å². The maximum absolute atomic E-state index is 12.9. The van der Waals surface area contributed by atoms with Crippen LogP contribution in [0.2, 0.25) is 5.02 Å². The molecular weight excluding hydrogens is 522 g/mol. The van der Waals surface area contributed by atoms with Crippen LogP contribution >= 0.6 is 11.6 Å². The number of aromatic nitrogens is 1. The van der Waals surface area contributed by atoms with Crippen molar-refractivity contribution in [3.05, 3.63) is 53.2 Å². The first-order valence-electron chi connectivity index (χ1n) is 13.1. The lowest BCUT2D eigenvalue weighted by molar-refractivity contribution is 0.0745. The molecule has 11 heteroatoms. The molecule has 1 atom stereocenters. The van der Waals surface area contributed by atoms with E-state index in [1.165, 1.54) is 0 Å². The third kappa shape index (κ3) is 7.50. The summed E-state index contributed by atoms with van der Waals surface area (Å²) in [5, 5.41) is 19.6. The Labute approximate surface area is 232 Å². The lowest BCUT2D eigenvalue weighted by Gasteiger charge is -2.20. The smallest absolute Gasteiger partial charge is 0.319 e. The van der Waals surface area contributed by atoms with Crippen LogP contribution < -0.4 is 25.4 Å². The topological polar surface area (TPSA) is 125 Å². The zero-order chi connectivity index (χ0) is 27.8. The molecule has 2 aromatic carbocycles. The summed E-state index contributed by atoms with van der Waals surface area (Å²) >= 11 is 6.37. The number of aliphatic hydroxyl groups is 1. The number of benzene rings is 2. The van der Waals surface area contributed by atoms with E-state index < -0.39 is 6.10 Å². The number of rotatable bonds is 11. The van der Waals surface area contributed by atoms with Crippen molar-refractivity contribution < 1.29 is 24.2 Å². The molecule has 3 amide bonds. The molecule has 0 unspecified atom stereocenters. The van der Waals surface area contributed by atoms with Crippen LogP contribution in [0, 0.1) is 0 Å². The Hall–Kier alpha value is -3.60. The predicted octanol–water partition coefficient (Wildman–Crippen LogP) is 4.41. The summed E-state index contributed by atoms with van der Waals surface area (Å²) in [6.07, 6.45) is 3.19. The molecule has 0 radical (unpaired) electrons. The molecule has 10 nitrogen and oxygen atoms in total. The molecule has 208 valence electrons. The number of nitrogens with zero attached hydrogens (tertiary/aromatic N) is 2. The molecule has 3 aromatic rings. The van der Waals surface area contributed by atoms with E-state index in [4.69, 9.17) is 21.1 Å². The number of β-amino-alcohol motifs (C(OH)–C–C–N with tert-alkyl or cyclic N) is 1. The van der Waals surface area contributed by atoms with Gasteiger partial charge in [0.1, 0.15) is 30.0 Å². The number of amides is 3. The maximum Gasteiger partial charge on any atom is 0.319 e. The molecule has 0 bridgehead atoms. The number of halogens is 1. The summed E-state index contributed by atoms with van der Waals surface area (Å²) in [7, 11) is 0. The number of aliphatic hydroxyl groups excluding tert-OH is 1. The number of hydrogen-bond donors (Lipinski definition) is 4. The highest BCUT2D eigenvalue weighted by Crippen LogP contribution is 2.35. The van der Waals surface area contributed by atoms with E-state index in [1.54, 1.807) is 42.6 Å². The van der Waals surface area contributed by atoms with Crippen molar-refractivity contribution in [1.82, 2.24) is 20.5 Å². The third-order valence-corrected chi connectivity index (χ3v) is 6.55. The van der Waals surface area contributed by atoms with Gasteiger partial charge in [0.2, 0.25) is 0 Å². The van der Waals surface area contributed by atoms with Gasteiger partial charge >= 0.3 is 6.03 Å². The molecule has 1 saturated heterocycles. The van der Waals surface area contributed by atoms with E-state index in [2.05, 4.69) is 25.8 Å².